The van der Waals surface area contributed by atoms with Crippen molar-refractivity contribution in [2.75, 3.05) is 26.7 Å². The van der Waals surface area contributed by atoms with Crippen LogP contribution in [0.3, 0.4) is 0 Å². The van der Waals surface area contributed by atoms with Gasteiger partial charge < -0.3 is 14.6 Å². The SMILES string of the molecule is CN(CCO)CCCn1ccnc1. The maximum absolute atomic E-state index is 8.66. The summed E-state index contributed by atoms with van der Waals surface area (Å²) in [4.78, 5) is 6.09. The molecule has 0 fully saturated rings. The van der Waals surface area contributed by atoms with Crippen molar-refractivity contribution in [1.82, 2.24) is 14.5 Å². The zero-order valence-corrected chi connectivity index (χ0v) is 8.06. The van der Waals surface area contributed by atoms with Gasteiger partial charge in [-0.2, -0.15) is 0 Å². The van der Waals surface area contributed by atoms with Crippen molar-refractivity contribution in [3.8, 4) is 0 Å². The number of aryl methyl sites for hydroxylation is 1. The third kappa shape index (κ3) is 4.05. The van der Waals surface area contributed by atoms with E-state index in [2.05, 4.69) is 14.5 Å². The number of likely N-dealkylation sites (N-methyl/N-ethyl adjacent to an activating group) is 1. The Hall–Kier alpha value is -0.870. The monoisotopic (exact) mass is 183 g/mol. The summed E-state index contributed by atoms with van der Waals surface area (Å²) in [6, 6.07) is 0. The molecule has 0 atom stereocenters. The van der Waals surface area contributed by atoms with Crippen molar-refractivity contribution < 1.29 is 5.11 Å². The van der Waals surface area contributed by atoms with Gasteiger partial charge >= 0.3 is 0 Å². The molecule has 1 heterocycles. The number of aromatic nitrogens is 2. The van der Waals surface area contributed by atoms with Crippen LogP contribution in [0.5, 0.6) is 0 Å². The van der Waals surface area contributed by atoms with Crippen LogP contribution in [0.1, 0.15) is 6.42 Å². The van der Waals surface area contributed by atoms with Crippen LogP contribution in [0.15, 0.2) is 18.7 Å². The summed E-state index contributed by atoms with van der Waals surface area (Å²) in [5.41, 5.74) is 0. The van der Waals surface area contributed by atoms with Crippen LogP contribution in [0.25, 0.3) is 0 Å². The highest BCUT2D eigenvalue weighted by atomic mass is 16.3. The van der Waals surface area contributed by atoms with Crippen LogP contribution in [0, 0.1) is 0 Å². The van der Waals surface area contributed by atoms with E-state index in [4.69, 9.17) is 5.11 Å². The van der Waals surface area contributed by atoms with Gasteiger partial charge in [-0.3, -0.25) is 0 Å². The maximum Gasteiger partial charge on any atom is 0.0945 e. The van der Waals surface area contributed by atoms with E-state index in [-0.39, 0.29) is 6.61 Å². The quantitative estimate of drug-likeness (QED) is 0.685. The molecule has 0 aliphatic rings. The van der Waals surface area contributed by atoms with E-state index in [0.29, 0.717) is 0 Å². The standard InChI is InChI=1S/C9H17N3O/c1-11(7-8-13)4-2-5-12-6-3-10-9-12/h3,6,9,13H,2,4-5,7-8H2,1H3. The van der Waals surface area contributed by atoms with Gasteiger partial charge in [-0.05, 0) is 20.0 Å². The average Bonchev–Trinajstić information content (AvgIpc) is 2.57. The molecule has 0 radical (unpaired) electrons. The highest BCUT2D eigenvalue weighted by Crippen LogP contribution is 1.92. The third-order valence-electron chi connectivity index (χ3n) is 2.00. The van der Waals surface area contributed by atoms with Crippen molar-refractivity contribution in [1.29, 1.82) is 0 Å². The van der Waals surface area contributed by atoms with E-state index in [1.807, 2.05) is 19.6 Å². The van der Waals surface area contributed by atoms with Gasteiger partial charge in [0, 0.05) is 25.5 Å². The van der Waals surface area contributed by atoms with Crippen molar-refractivity contribution in [2.24, 2.45) is 0 Å². The summed E-state index contributed by atoms with van der Waals surface area (Å²) in [5.74, 6) is 0. The first-order valence-electron chi connectivity index (χ1n) is 4.58. The predicted molar refractivity (Wildman–Crippen MR) is 51.4 cm³/mol. The van der Waals surface area contributed by atoms with Gasteiger partial charge in [0.25, 0.3) is 0 Å². The molecule has 4 heteroatoms. The molecule has 0 amide bonds. The van der Waals surface area contributed by atoms with Crippen LogP contribution >= 0.6 is 0 Å². The Morgan fingerprint density at radius 3 is 2.92 bits per heavy atom. The van der Waals surface area contributed by atoms with Crippen LogP contribution < -0.4 is 0 Å². The van der Waals surface area contributed by atoms with Crippen LogP contribution in [-0.4, -0.2) is 46.3 Å². The molecule has 0 aliphatic heterocycles. The second kappa shape index (κ2) is 5.72. The molecule has 4 nitrogen and oxygen atoms in total. The molecule has 0 bridgehead atoms. The van der Waals surface area contributed by atoms with Gasteiger partial charge in [-0.1, -0.05) is 0 Å². The molecule has 0 spiro atoms. The second-order valence-electron chi connectivity index (χ2n) is 3.18. The molecular formula is C9H17N3O. The summed E-state index contributed by atoms with van der Waals surface area (Å²) in [6.45, 7) is 3.00. The van der Waals surface area contributed by atoms with E-state index in [9.17, 15) is 0 Å². The lowest BCUT2D eigenvalue weighted by Gasteiger charge is -2.14. The topological polar surface area (TPSA) is 41.3 Å². The highest BCUT2D eigenvalue weighted by Gasteiger charge is 1.96. The largest absolute Gasteiger partial charge is 0.395 e. The van der Waals surface area contributed by atoms with Gasteiger partial charge in [-0.25, -0.2) is 4.98 Å². The lowest BCUT2D eigenvalue weighted by molar-refractivity contribution is 0.218. The molecule has 74 valence electrons. The number of nitrogens with zero attached hydrogens (tertiary/aromatic N) is 3. The summed E-state index contributed by atoms with van der Waals surface area (Å²) in [6.07, 6.45) is 6.67. The Bertz CT molecular complexity index is 211. The molecule has 0 saturated heterocycles. The van der Waals surface area contributed by atoms with E-state index in [1.54, 1.807) is 6.20 Å². The fourth-order valence-electron chi connectivity index (χ4n) is 1.22. The van der Waals surface area contributed by atoms with Crippen molar-refractivity contribution in [3.05, 3.63) is 18.7 Å². The summed E-state index contributed by atoms with van der Waals surface area (Å²) >= 11 is 0. The number of imidazole rings is 1. The molecule has 0 unspecified atom stereocenters. The molecule has 0 aromatic carbocycles. The number of aliphatic hydroxyl groups excluding tert-OH is 1. The predicted octanol–water partition coefficient (Wildman–Crippen LogP) is 0.197. The first-order chi connectivity index (χ1) is 6.33. The zero-order valence-electron chi connectivity index (χ0n) is 8.06. The van der Waals surface area contributed by atoms with E-state index in [0.717, 1.165) is 26.1 Å². The molecule has 1 aromatic rings. The summed E-state index contributed by atoms with van der Waals surface area (Å²) < 4.78 is 2.06. The first kappa shape index (κ1) is 10.2. The summed E-state index contributed by atoms with van der Waals surface area (Å²) in [5, 5.41) is 8.66. The smallest absolute Gasteiger partial charge is 0.0945 e. The van der Waals surface area contributed by atoms with Crippen LogP contribution in [0.2, 0.25) is 0 Å². The first-order valence-corrected chi connectivity index (χ1v) is 4.58. The summed E-state index contributed by atoms with van der Waals surface area (Å²) in [7, 11) is 2.02. The Morgan fingerprint density at radius 2 is 2.31 bits per heavy atom. The minimum Gasteiger partial charge on any atom is -0.395 e. The Kier molecular flexibility index (Phi) is 4.49. The van der Waals surface area contributed by atoms with Crippen molar-refractivity contribution >= 4 is 0 Å². The molecule has 1 N–H and O–H groups in total. The normalized spacial score (nSPS) is 11.0. The minimum absolute atomic E-state index is 0.238. The number of hydrogen-bond donors (Lipinski definition) is 1. The molecule has 0 saturated carbocycles. The Labute approximate surface area is 78.8 Å². The van der Waals surface area contributed by atoms with E-state index < -0.39 is 0 Å². The van der Waals surface area contributed by atoms with Crippen molar-refractivity contribution in [3.63, 3.8) is 0 Å². The second-order valence-corrected chi connectivity index (χ2v) is 3.18. The third-order valence-corrected chi connectivity index (χ3v) is 2.00. The molecule has 0 aliphatic carbocycles. The zero-order chi connectivity index (χ0) is 9.52. The van der Waals surface area contributed by atoms with Gasteiger partial charge in [-0.15, -0.1) is 0 Å². The minimum atomic E-state index is 0.238. The lowest BCUT2D eigenvalue weighted by atomic mass is 10.4. The Morgan fingerprint density at radius 1 is 1.46 bits per heavy atom. The maximum atomic E-state index is 8.66. The van der Waals surface area contributed by atoms with Gasteiger partial charge in [0.2, 0.25) is 0 Å². The fourth-order valence-corrected chi connectivity index (χ4v) is 1.22. The van der Waals surface area contributed by atoms with Gasteiger partial charge in [0.15, 0.2) is 0 Å². The number of rotatable bonds is 6. The molecular weight excluding hydrogens is 166 g/mol. The average molecular weight is 183 g/mol. The number of hydrogen-bond acceptors (Lipinski definition) is 3. The van der Waals surface area contributed by atoms with Gasteiger partial charge in [0.1, 0.15) is 0 Å². The van der Waals surface area contributed by atoms with Crippen LogP contribution in [0.4, 0.5) is 0 Å². The van der Waals surface area contributed by atoms with Crippen molar-refractivity contribution in [2.45, 2.75) is 13.0 Å². The lowest BCUT2D eigenvalue weighted by Crippen LogP contribution is -2.23. The van der Waals surface area contributed by atoms with Gasteiger partial charge in [0.05, 0.1) is 12.9 Å². The fraction of sp³-hybridized carbons (Fsp3) is 0.667. The Balaban J connectivity index is 2.07. The van der Waals surface area contributed by atoms with E-state index in [1.165, 1.54) is 0 Å². The highest BCUT2D eigenvalue weighted by molar-refractivity contribution is 4.73. The van der Waals surface area contributed by atoms with Crippen LogP contribution in [-0.2, 0) is 6.54 Å². The molecule has 13 heavy (non-hydrogen) atoms. The van der Waals surface area contributed by atoms with E-state index >= 15 is 0 Å². The molecule has 1 rings (SSSR count). The molecule has 1 aromatic heterocycles. The number of aliphatic hydroxyl groups is 1.